The maximum atomic E-state index is 13.2. The molecule has 0 fully saturated rings. The minimum Gasteiger partial charge on any atom is -0.322 e. The van der Waals surface area contributed by atoms with Crippen LogP contribution >= 0.6 is 11.6 Å². The molecule has 0 aromatic heterocycles. The zero-order valence-electron chi connectivity index (χ0n) is 9.95. The Balaban J connectivity index is 2.23. The third-order valence-corrected chi connectivity index (χ3v) is 2.83. The summed E-state index contributed by atoms with van der Waals surface area (Å²) in [5.74, 6) is -1.98. The largest absolute Gasteiger partial charge is 0.322 e. The number of nitriles is 1. The van der Waals surface area contributed by atoms with Gasteiger partial charge in [-0.05, 0) is 36.4 Å². The molecule has 0 heterocycles. The molecule has 0 saturated heterocycles. The fourth-order valence-corrected chi connectivity index (χ4v) is 1.65. The second kappa shape index (κ2) is 5.68. The van der Waals surface area contributed by atoms with Crippen LogP contribution in [0.4, 0.5) is 14.5 Å². The number of benzene rings is 2. The molecule has 0 aliphatic rings. The van der Waals surface area contributed by atoms with Crippen molar-refractivity contribution >= 4 is 23.2 Å². The van der Waals surface area contributed by atoms with E-state index in [-0.39, 0.29) is 21.8 Å². The van der Waals surface area contributed by atoms with Crippen molar-refractivity contribution in [2.24, 2.45) is 0 Å². The Kier molecular flexibility index (Phi) is 3.97. The van der Waals surface area contributed by atoms with E-state index >= 15 is 0 Å². The van der Waals surface area contributed by atoms with E-state index in [9.17, 15) is 13.6 Å². The van der Waals surface area contributed by atoms with E-state index in [1.807, 2.05) is 0 Å². The van der Waals surface area contributed by atoms with Crippen LogP contribution in [0.3, 0.4) is 0 Å². The SMILES string of the molecule is N#Cc1cc(NC(=O)c2ccc(Cl)c(F)c2)ccc1F. The first-order valence-electron chi connectivity index (χ1n) is 5.47. The average molecular weight is 293 g/mol. The number of amides is 1. The second-order valence-electron chi connectivity index (χ2n) is 3.89. The van der Waals surface area contributed by atoms with Crippen molar-refractivity contribution in [2.75, 3.05) is 5.32 Å². The van der Waals surface area contributed by atoms with Gasteiger partial charge in [0.1, 0.15) is 17.7 Å². The summed E-state index contributed by atoms with van der Waals surface area (Å²) in [7, 11) is 0. The topological polar surface area (TPSA) is 52.9 Å². The lowest BCUT2D eigenvalue weighted by molar-refractivity contribution is 0.102. The molecule has 2 aromatic carbocycles. The van der Waals surface area contributed by atoms with Crippen LogP contribution in [0.1, 0.15) is 15.9 Å². The van der Waals surface area contributed by atoms with Gasteiger partial charge in [-0.1, -0.05) is 11.6 Å². The average Bonchev–Trinajstić information content (AvgIpc) is 2.43. The molecule has 6 heteroatoms. The summed E-state index contributed by atoms with van der Waals surface area (Å²) in [6.07, 6.45) is 0. The highest BCUT2D eigenvalue weighted by atomic mass is 35.5. The molecule has 2 aromatic rings. The molecule has 0 aliphatic carbocycles. The zero-order chi connectivity index (χ0) is 14.7. The number of halogens is 3. The number of carbonyl (C=O) groups is 1. The quantitative estimate of drug-likeness (QED) is 0.916. The molecule has 0 saturated carbocycles. The van der Waals surface area contributed by atoms with E-state index in [1.54, 1.807) is 6.07 Å². The van der Waals surface area contributed by atoms with Gasteiger partial charge in [-0.25, -0.2) is 8.78 Å². The maximum Gasteiger partial charge on any atom is 0.255 e. The third-order valence-electron chi connectivity index (χ3n) is 2.53. The first-order valence-corrected chi connectivity index (χ1v) is 5.85. The first kappa shape index (κ1) is 14.0. The Labute approximate surface area is 118 Å². The van der Waals surface area contributed by atoms with E-state index in [0.717, 1.165) is 12.1 Å². The first-order chi connectivity index (χ1) is 9.51. The molecule has 1 amide bonds. The molecule has 0 atom stereocenters. The number of carbonyl (C=O) groups excluding carboxylic acids is 1. The van der Waals surface area contributed by atoms with Gasteiger partial charge in [0.2, 0.25) is 0 Å². The van der Waals surface area contributed by atoms with Crippen LogP contribution in [-0.2, 0) is 0 Å². The van der Waals surface area contributed by atoms with E-state index in [1.165, 1.54) is 24.3 Å². The lowest BCUT2D eigenvalue weighted by Crippen LogP contribution is -2.12. The number of nitrogens with one attached hydrogen (secondary N) is 1. The predicted molar refractivity (Wildman–Crippen MR) is 70.5 cm³/mol. The summed E-state index contributed by atoms with van der Waals surface area (Å²) in [6, 6.07) is 8.84. The van der Waals surface area contributed by atoms with Crippen molar-refractivity contribution in [2.45, 2.75) is 0 Å². The molecular formula is C14H7ClF2N2O. The van der Waals surface area contributed by atoms with E-state index in [0.29, 0.717) is 0 Å². The maximum absolute atomic E-state index is 13.2. The number of anilines is 1. The zero-order valence-corrected chi connectivity index (χ0v) is 10.7. The van der Waals surface area contributed by atoms with Crippen LogP contribution in [-0.4, -0.2) is 5.91 Å². The lowest BCUT2D eigenvalue weighted by Gasteiger charge is -2.06. The summed E-state index contributed by atoms with van der Waals surface area (Å²) in [5.41, 5.74) is 0.114. The Morgan fingerprint density at radius 3 is 2.55 bits per heavy atom. The van der Waals surface area contributed by atoms with E-state index < -0.39 is 17.5 Å². The molecular weight excluding hydrogens is 286 g/mol. The van der Waals surface area contributed by atoms with Crippen molar-refractivity contribution in [1.29, 1.82) is 5.26 Å². The smallest absolute Gasteiger partial charge is 0.255 e. The highest BCUT2D eigenvalue weighted by Crippen LogP contribution is 2.18. The molecule has 1 N–H and O–H groups in total. The molecule has 0 bridgehead atoms. The molecule has 3 nitrogen and oxygen atoms in total. The van der Waals surface area contributed by atoms with Crippen molar-refractivity contribution in [1.82, 2.24) is 0 Å². The third kappa shape index (κ3) is 2.92. The van der Waals surface area contributed by atoms with Gasteiger partial charge in [0, 0.05) is 11.3 Å². The number of hydrogen-bond donors (Lipinski definition) is 1. The van der Waals surface area contributed by atoms with Crippen LogP contribution in [0.15, 0.2) is 36.4 Å². The van der Waals surface area contributed by atoms with Crippen molar-refractivity contribution in [3.8, 4) is 6.07 Å². The van der Waals surface area contributed by atoms with E-state index in [2.05, 4.69) is 5.32 Å². The summed E-state index contributed by atoms with van der Waals surface area (Å²) in [5, 5.41) is 11.0. The van der Waals surface area contributed by atoms with Gasteiger partial charge in [0.15, 0.2) is 0 Å². The van der Waals surface area contributed by atoms with Crippen LogP contribution in [0.5, 0.6) is 0 Å². The molecule has 2 rings (SSSR count). The van der Waals surface area contributed by atoms with Gasteiger partial charge >= 0.3 is 0 Å². The summed E-state index contributed by atoms with van der Waals surface area (Å²) >= 11 is 5.52. The van der Waals surface area contributed by atoms with Crippen molar-refractivity contribution in [3.63, 3.8) is 0 Å². The molecule has 20 heavy (non-hydrogen) atoms. The Morgan fingerprint density at radius 2 is 1.90 bits per heavy atom. The number of nitrogens with zero attached hydrogens (tertiary/aromatic N) is 1. The highest BCUT2D eigenvalue weighted by molar-refractivity contribution is 6.30. The minimum absolute atomic E-state index is 0.0646. The van der Waals surface area contributed by atoms with Gasteiger partial charge in [-0.15, -0.1) is 0 Å². The predicted octanol–water partition coefficient (Wildman–Crippen LogP) is 3.74. The van der Waals surface area contributed by atoms with Gasteiger partial charge in [-0.3, -0.25) is 4.79 Å². The molecule has 0 radical (unpaired) electrons. The normalized spacial score (nSPS) is 9.90. The number of rotatable bonds is 2. The minimum atomic E-state index is -0.712. The summed E-state index contributed by atoms with van der Waals surface area (Å²) in [4.78, 5) is 11.9. The van der Waals surface area contributed by atoms with Crippen LogP contribution in [0, 0.1) is 23.0 Å². The summed E-state index contributed by atoms with van der Waals surface area (Å²) in [6.45, 7) is 0. The van der Waals surface area contributed by atoms with Crippen molar-refractivity contribution < 1.29 is 13.6 Å². The monoisotopic (exact) mass is 292 g/mol. The molecule has 100 valence electrons. The van der Waals surface area contributed by atoms with Crippen LogP contribution in [0.2, 0.25) is 5.02 Å². The standard InChI is InChI=1S/C14H7ClF2N2O/c15-11-3-1-8(6-13(11)17)14(20)19-10-2-4-12(16)9(5-10)7-18/h1-6H,(H,19,20). The second-order valence-corrected chi connectivity index (χ2v) is 4.30. The molecule has 0 spiro atoms. The van der Waals surface area contributed by atoms with Gasteiger partial charge in [0.25, 0.3) is 5.91 Å². The van der Waals surface area contributed by atoms with Gasteiger partial charge in [0.05, 0.1) is 10.6 Å². The van der Waals surface area contributed by atoms with Gasteiger partial charge < -0.3 is 5.32 Å². The fraction of sp³-hybridized carbons (Fsp3) is 0. The van der Waals surface area contributed by atoms with Crippen LogP contribution in [0.25, 0.3) is 0 Å². The Hall–Kier alpha value is -2.45. The fourth-order valence-electron chi connectivity index (χ4n) is 1.53. The van der Waals surface area contributed by atoms with Crippen molar-refractivity contribution in [3.05, 3.63) is 64.2 Å². The van der Waals surface area contributed by atoms with E-state index in [4.69, 9.17) is 16.9 Å². The van der Waals surface area contributed by atoms with Crippen LogP contribution < -0.4 is 5.32 Å². The Morgan fingerprint density at radius 1 is 1.15 bits per heavy atom. The lowest BCUT2D eigenvalue weighted by atomic mass is 10.1. The van der Waals surface area contributed by atoms with Gasteiger partial charge in [-0.2, -0.15) is 5.26 Å². The molecule has 0 unspecified atom stereocenters. The number of hydrogen-bond acceptors (Lipinski definition) is 2. The summed E-state index contributed by atoms with van der Waals surface area (Å²) < 4.78 is 26.4. The highest BCUT2D eigenvalue weighted by Gasteiger charge is 2.10. The Bertz CT molecular complexity index is 726. The molecule has 0 aliphatic heterocycles.